The van der Waals surface area contributed by atoms with E-state index in [-0.39, 0.29) is 6.61 Å². The Hall–Kier alpha value is -1.56. The number of alkyl halides is 3. The smallest absolute Gasteiger partial charge is 0.385 e. The standard InChI is InChI=1S/C10H9F3N2O/c11-10(12,13)7-3-1-2-6(4-7)9-15-8(14)5-16-9/h1-4,9H,5H2,(H2,14,15). The summed E-state index contributed by atoms with van der Waals surface area (Å²) in [6.45, 7) is 0.154. The fourth-order valence-electron chi connectivity index (χ4n) is 1.43. The van der Waals surface area contributed by atoms with E-state index in [1.54, 1.807) is 0 Å². The van der Waals surface area contributed by atoms with Gasteiger partial charge in [-0.05, 0) is 12.1 Å². The van der Waals surface area contributed by atoms with Crippen molar-refractivity contribution in [3.8, 4) is 0 Å². The number of benzene rings is 1. The minimum Gasteiger partial charge on any atom is -0.385 e. The van der Waals surface area contributed by atoms with Gasteiger partial charge in [0.2, 0.25) is 0 Å². The zero-order valence-electron chi connectivity index (χ0n) is 8.16. The Balaban J connectivity index is 2.30. The summed E-state index contributed by atoms with van der Waals surface area (Å²) in [6, 6.07) is 4.88. The second-order valence-corrected chi connectivity index (χ2v) is 3.41. The van der Waals surface area contributed by atoms with E-state index in [2.05, 4.69) is 4.99 Å². The van der Waals surface area contributed by atoms with Crippen molar-refractivity contribution in [2.75, 3.05) is 6.61 Å². The highest BCUT2D eigenvalue weighted by Gasteiger charge is 2.31. The van der Waals surface area contributed by atoms with Crippen molar-refractivity contribution < 1.29 is 17.9 Å². The maximum absolute atomic E-state index is 12.4. The molecule has 3 nitrogen and oxygen atoms in total. The van der Waals surface area contributed by atoms with Crippen LogP contribution in [0.3, 0.4) is 0 Å². The summed E-state index contributed by atoms with van der Waals surface area (Å²) >= 11 is 0. The molecule has 1 atom stereocenters. The number of nitrogens with zero attached hydrogens (tertiary/aromatic N) is 1. The van der Waals surface area contributed by atoms with Gasteiger partial charge in [0.25, 0.3) is 0 Å². The van der Waals surface area contributed by atoms with Crippen molar-refractivity contribution in [3.63, 3.8) is 0 Å². The molecule has 1 aliphatic rings. The lowest BCUT2D eigenvalue weighted by atomic mass is 10.1. The molecule has 16 heavy (non-hydrogen) atoms. The molecule has 86 valence electrons. The molecule has 0 aromatic heterocycles. The normalized spacial score (nSPS) is 20.9. The lowest BCUT2D eigenvalue weighted by molar-refractivity contribution is -0.137. The Kier molecular flexibility index (Phi) is 2.59. The first-order valence-electron chi connectivity index (χ1n) is 4.58. The van der Waals surface area contributed by atoms with Crippen LogP contribution < -0.4 is 5.73 Å². The van der Waals surface area contributed by atoms with Gasteiger partial charge in [-0.15, -0.1) is 0 Å². The number of aliphatic imine (C=N–C) groups is 1. The molecule has 0 amide bonds. The van der Waals surface area contributed by atoms with Gasteiger partial charge in [0, 0.05) is 5.56 Å². The van der Waals surface area contributed by atoms with Gasteiger partial charge in [-0.25, -0.2) is 4.99 Å². The van der Waals surface area contributed by atoms with Crippen molar-refractivity contribution in [2.24, 2.45) is 10.7 Å². The number of nitrogens with two attached hydrogens (primary N) is 1. The molecule has 1 aromatic carbocycles. The maximum atomic E-state index is 12.4. The van der Waals surface area contributed by atoms with Crippen molar-refractivity contribution in [2.45, 2.75) is 12.4 Å². The highest BCUT2D eigenvalue weighted by molar-refractivity contribution is 5.82. The number of rotatable bonds is 1. The molecule has 0 bridgehead atoms. The Bertz CT molecular complexity index is 428. The van der Waals surface area contributed by atoms with E-state index < -0.39 is 18.0 Å². The van der Waals surface area contributed by atoms with Gasteiger partial charge in [0.1, 0.15) is 12.4 Å². The first-order valence-corrected chi connectivity index (χ1v) is 4.58. The van der Waals surface area contributed by atoms with E-state index in [0.29, 0.717) is 11.4 Å². The average Bonchev–Trinajstić information content (AvgIpc) is 2.64. The summed E-state index contributed by atoms with van der Waals surface area (Å²) in [7, 11) is 0. The predicted molar refractivity (Wildman–Crippen MR) is 51.8 cm³/mol. The van der Waals surface area contributed by atoms with E-state index in [1.165, 1.54) is 12.1 Å². The summed E-state index contributed by atoms with van der Waals surface area (Å²) < 4.78 is 42.4. The third-order valence-electron chi connectivity index (χ3n) is 2.17. The van der Waals surface area contributed by atoms with E-state index in [9.17, 15) is 13.2 Å². The number of amidine groups is 1. The van der Waals surface area contributed by atoms with Crippen LogP contribution in [0.25, 0.3) is 0 Å². The summed E-state index contributed by atoms with van der Waals surface area (Å²) in [5.74, 6) is 0.294. The number of hydrogen-bond donors (Lipinski definition) is 1. The van der Waals surface area contributed by atoms with Gasteiger partial charge >= 0.3 is 6.18 Å². The van der Waals surface area contributed by atoms with E-state index in [0.717, 1.165) is 12.1 Å². The maximum Gasteiger partial charge on any atom is 0.416 e. The Morgan fingerprint density at radius 3 is 2.69 bits per heavy atom. The molecule has 1 unspecified atom stereocenters. The van der Waals surface area contributed by atoms with Crippen LogP contribution in [0.15, 0.2) is 29.3 Å². The largest absolute Gasteiger partial charge is 0.416 e. The molecular weight excluding hydrogens is 221 g/mol. The molecule has 2 rings (SSSR count). The predicted octanol–water partition coefficient (Wildman–Crippen LogP) is 2.09. The minimum atomic E-state index is -4.36. The van der Waals surface area contributed by atoms with Crippen LogP contribution in [0.1, 0.15) is 17.4 Å². The fraction of sp³-hybridized carbons (Fsp3) is 0.300. The molecule has 0 saturated heterocycles. The molecule has 2 N–H and O–H groups in total. The number of ether oxygens (including phenoxy) is 1. The molecule has 6 heteroatoms. The summed E-state index contributed by atoms with van der Waals surface area (Å²) in [5, 5.41) is 0. The van der Waals surface area contributed by atoms with Crippen molar-refractivity contribution in [3.05, 3.63) is 35.4 Å². The zero-order valence-corrected chi connectivity index (χ0v) is 8.16. The molecule has 0 radical (unpaired) electrons. The van der Waals surface area contributed by atoms with Gasteiger partial charge in [-0.2, -0.15) is 13.2 Å². The number of halogens is 3. The van der Waals surface area contributed by atoms with Crippen LogP contribution in [0.4, 0.5) is 13.2 Å². The van der Waals surface area contributed by atoms with Gasteiger partial charge < -0.3 is 10.5 Å². The minimum absolute atomic E-state index is 0.154. The third-order valence-corrected chi connectivity index (χ3v) is 2.17. The highest BCUT2D eigenvalue weighted by atomic mass is 19.4. The second-order valence-electron chi connectivity index (χ2n) is 3.41. The van der Waals surface area contributed by atoms with Crippen LogP contribution in [0.5, 0.6) is 0 Å². The zero-order chi connectivity index (χ0) is 11.8. The lowest BCUT2D eigenvalue weighted by Gasteiger charge is -2.11. The van der Waals surface area contributed by atoms with Crippen LogP contribution >= 0.6 is 0 Å². The molecule has 0 fully saturated rings. The molecule has 1 aliphatic heterocycles. The third kappa shape index (κ3) is 2.16. The van der Waals surface area contributed by atoms with Crippen LogP contribution in [-0.2, 0) is 10.9 Å². The Labute approximate surface area is 89.7 Å². The molecule has 1 heterocycles. The van der Waals surface area contributed by atoms with E-state index in [4.69, 9.17) is 10.5 Å². The second kappa shape index (κ2) is 3.79. The lowest BCUT2D eigenvalue weighted by Crippen LogP contribution is -2.11. The fourth-order valence-corrected chi connectivity index (χ4v) is 1.43. The van der Waals surface area contributed by atoms with E-state index in [1.807, 2.05) is 0 Å². The Morgan fingerprint density at radius 1 is 1.38 bits per heavy atom. The first kappa shape index (κ1) is 10.9. The molecule has 0 aliphatic carbocycles. The Morgan fingerprint density at radius 2 is 2.12 bits per heavy atom. The summed E-state index contributed by atoms with van der Waals surface area (Å²) in [4.78, 5) is 3.89. The molecule has 1 aromatic rings. The molecule has 0 saturated carbocycles. The summed E-state index contributed by atoms with van der Waals surface area (Å²) in [6.07, 6.45) is -5.08. The van der Waals surface area contributed by atoms with Crippen LogP contribution in [0, 0.1) is 0 Å². The van der Waals surface area contributed by atoms with Gasteiger partial charge in [0.05, 0.1) is 5.56 Å². The topological polar surface area (TPSA) is 47.6 Å². The average molecular weight is 230 g/mol. The van der Waals surface area contributed by atoms with Gasteiger partial charge in [0.15, 0.2) is 6.23 Å². The van der Waals surface area contributed by atoms with Crippen LogP contribution in [-0.4, -0.2) is 12.4 Å². The quantitative estimate of drug-likeness (QED) is 0.803. The highest BCUT2D eigenvalue weighted by Crippen LogP contribution is 2.32. The van der Waals surface area contributed by atoms with Gasteiger partial charge in [-0.1, -0.05) is 12.1 Å². The van der Waals surface area contributed by atoms with Crippen LogP contribution in [0.2, 0.25) is 0 Å². The van der Waals surface area contributed by atoms with Crippen molar-refractivity contribution >= 4 is 5.84 Å². The van der Waals surface area contributed by atoms with E-state index >= 15 is 0 Å². The van der Waals surface area contributed by atoms with Crippen molar-refractivity contribution in [1.82, 2.24) is 0 Å². The molecular formula is C10H9F3N2O. The monoisotopic (exact) mass is 230 g/mol. The van der Waals surface area contributed by atoms with Gasteiger partial charge in [-0.3, -0.25) is 0 Å². The molecule has 0 spiro atoms. The summed E-state index contributed by atoms with van der Waals surface area (Å²) in [5.41, 5.74) is 5.03. The first-order chi connectivity index (χ1) is 7.47. The number of hydrogen-bond acceptors (Lipinski definition) is 3. The SMILES string of the molecule is NC1=NC(c2cccc(C(F)(F)F)c2)OC1. The van der Waals surface area contributed by atoms with Crippen molar-refractivity contribution in [1.29, 1.82) is 0 Å².